The molecule has 1 heterocycles. The van der Waals surface area contributed by atoms with Crippen LogP contribution in [0.25, 0.3) is 0 Å². The van der Waals surface area contributed by atoms with Crippen LogP contribution in [-0.2, 0) is 6.42 Å². The van der Waals surface area contributed by atoms with Crippen LogP contribution < -0.4 is 5.32 Å². The Morgan fingerprint density at radius 1 is 1.44 bits per heavy atom. The van der Waals surface area contributed by atoms with Crippen LogP contribution in [0.4, 0.5) is 0 Å². The van der Waals surface area contributed by atoms with Crippen LogP contribution >= 0.6 is 0 Å². The van der Waals surface area contributed by atoms with Gasteiger partial charge in [0.25, 0.3) is 5.91 Å². The molecule has 2 rings (SSSR count). The summed E-state index contributed by atoms with van der Waals surface area (Å²) in [7, 11) is 1.89. The molecule has 18 heavy (non-hydrogen) atoms. The molecule has 1 N–H and O–H groups in total. The average Bonchev–Trinajstić information content (AvgIpc) is 2.51. The second-order valence-corrected chi connectivity index (χ2v) is 4.77. The summed E-state index contributed by atoms with van der Waals surface area (Å²) in [6.45, 7) is 6.22. The molecular weight excluding hydrogens is 224 g/mol. The van der Waals surface area contributed by atoms with Crippen LogP contribution in [0.15, 0.2) is 36.4 Å². The number of aryl methyl sites for hydroxylation is 1. The van der Waals surface area contributed by atoms with E-state index in [4.69, 9.17) is 0 Å². The number of carbonyl (C=O) groups excluding carboxylic acids is 1. The number of nitrogens with zero attached hydrogens (tertiary/aromatic N) is 1. The second-order valence-electron chi connectivity index (χ2n) is 4.77. The summed E-state index contributed by atoms with van der Waals surface area (Å²) in [6, 6.07) is 7.92. The number of benzene rings is 1. The van der Waals surface area contributed by atoms with Gasteiger partial charge in [-0.15, -0.1) is 0 Å². The fourth-order valence-corrected chi connectivity index (χ4v) is 2.41. The molecule has 0 bridgehead atoms. The SMILES string of the molecule is C=C(CNC)CN1CCCc2ccccc2C1=O. The fraction of sp³-hybridized carbons (Fsp3) is 0.400. The van der Waals surface area contributed by atoms with Gasteiger partial charge in [0.1, 0.15) is 0 Å². The number of likely N-dealkylation sites (N-methyl/N-ethyl adjacent to an activating group) is 1. The van der Waals surface area contributed by atoms with Gasteiger partial charge in [0.05, 0.1) is 0 Å². The molecule has 1 aromatic rings. The molecule has 1 aliphatic rings. The molecule has 0 aromatic heterocycles. The van der Waals surface area contributed by atoms with Crippen LogP contribution in [0.5, 0.6) is 0 Å². The van der Waals surface area contributed by atoms with Crippen molar-refractivity contribution in [2.75, 3.05) is 26.7 Å². The minimum atomic E-state index is 0.139. The van der Waals surface area contributed by atoms with Gasteiger partial charge in [0, 0.05) is 25.2 Å². The zero-order valence-corrected chi connectivity index (χ0v) is 10.9. The first-order valence-corrected chi connectivity index (χ1v) is 6.41. The van der Waals surface area contributed by atoms with E-state index < -0.39 is 0 Å². The van der Waals surface area contributed by atoms with Crippen molar-refractivity contribution in [3.63, 3.8) is 0 Å². The number of carbonyl (C=O) groups is 1. The third-order valence-electron chi connectivity index (χ3n) is 3.25. The zero-order chi connectivity index (χ0) is 13.0. The highest BCUT2D eigenvalue weighted by Crippen LogP contribution is 2.18. The van der Waals surface area contributed by atoms with Crippen molar-refractivity contribution < 1.29 is 4.79 Å². The van der Waals surface area contributed by atoms with Gasteiger partial charge in [-0.2, -0.15) is 0 Å². The summed E-state index contributed by atoms with van der Waals surface area (Å²) < 4.78 is 0. The fourth-order valence-electron chi connectivity index (χ4n) is 2.41. The molecule has 1 aromatic carbocycles. The van der Waals surface area contributed by atoms with E-state index in [1.54, 1.807) is 0 Å². The zero-order valence-electron chi connectivity index (χ0n) is 10.9. The Kier molecular flexibility index (Phi) is 4.15. The highest BCUT2D eigenvalue weighted by Gasteiger charge is 2.21. The van der Waals surface area contributed by atoms with E-state index in [-0.39, 0.29) is 5.91 Å². The average molecular weight is 244 g/mol. The standard InChI is InChI=1S/C15H20N2O/c1-12(10-16-2)11-17-9-5-7-13-6-3-4-8-14(13)15(17)18/h3-4,6,8,16H,1,5,7,9-11H2,2H3. The lowest BCUT2D eigenvalue weighted by Gasteiger charge is -2.22. The number of hydrogen-bond donors (Lipinski definition) is 1. The van der Waals surface area contributed by atoms with Crippen molar-refractivity contribution >= 4 is 5.91 Å². The van der Waals surface area contributed by atoms with Gasteiger partial charge in [-0.05, 0) is 37.1 Å². The molecule has 0 aliphatic carbocycles. The number of rotatable bonds is 4. The Bertz CT molecular complexity index is 454. The molecule has 3 nitrogen and oxygen atoms in total. The van der Waals surface area contributed by atoms with Crippen LogP contribution in [0.2, 0.25) is 0 Å². The van der Waals surface area contributed by atoms with E-state index in [9.17, 15) is 4.79 Å². The molecule has 0 saturated carbocycles. The topological polar surface area (TPSA) is 32.3 Å². The molecule has 0 unspecified atom stereocenters. The summed E-state index contributed by atoms with van der Waals surface area (Å²) in [5.74, 6) is 0.139. The maximum atomic E-state index is 12.4. The van der Waals surface area contributed by atoms with Gasteiger partial charge in [-0.25, -0.2) is 0 Å². The largest absolute Gasteiger partial charge is 0.335 e. The first kappa shape index (κ1) is 12.8. The van der Waals surface area contributed by atoms with Gasteiger partial charge in [0.15, 0.2) is 0 Å². The molecule has 3 heteroatoms. The van der Waals surface area contributed by atoms with Gasteiger partial charge in [-0.3, -0.25) is 4.79 Å². The lowest BCUT2D eigenvalue weighted by atomic mass is 10.0. The maximum Gasteiger partial charge on any atom is 0.254 e. The lowest BCUT2D eigenvalue weighted by molar-refractivity contribution is 0.0774. The molecule has 96 valence electrons. The van der Waals surface area contributed by atoms with E-state index in [1.165, 1.54) is 5.56 Å². The van der Waals surface area contributed by atoms with Crippen molar-refractivity contribution in [1.29, 1.82) is 0 Å². The van der Waals surface area contributed by atoms with E-state index in [2.05, 4.69) is 18.0 Å². The summed E-state index contributed by atoms with van der Waals surface area (Å²) in [6.07, 6.45) is 2.01. The number of hydrogen-bond acceptors (Lipinski definition) is 2. The first-order valence-electron chi connectivity index (χ1n) is 6.41. The Morgan fingerprint density at radius 2 is 2.22 bits per heavy atom. The molecule has 1 amide bonds. The van der Waals surface area contributed by atoms with Crippen LogP contribution in [0.3, 0.4) is 0 Å². The number of fused-ring (bicyclic) bond motifs is 1. The Labute approximate surface area is 108 Å². The summed E-state index contributed by atoms with van der Waals surface area (Å²) >= 11 is 0. The van der Waals surface area contributed by atoms with Crippen LogP contribution in [0, 0.1) is 0 Å². The highest BCUT2D eigenvalue weighted by molar-refractivity contribution is 5.96. The molecule has 0 fully saturated rings. The van der Waals surface area contributed by atoms with Crippen molar-refractivity contribution in [2.45, 2.75) is 12.8 Å². The number of nitrogens with one attached hydrogen (secondary N) is 1. The van der Waals surface area contributed by atoms with Gasteiger partial charge < -0.3 is 10.2 Å². The second kappa shape index (κ2) is 5.83. The molecule has 0 saturated heterocycles. The van der Waals surface area contributed by atoms with Crippen LogP contribution in [0.1, 0.15) is 22.3 Å². The minimum absolute atomic E-state index is 0.139. The van der Waals surface area contributed by atoms with Gasteiger partial charge >= 0.3 is 0 Å². The van der Waals surface area contributed by atoms with Crippen molar-refractivity contribution in [2.24, 2.45) is 0 Å². The summed E-state index contributed by atoms with van der Waals surface area (Å²) in [5, 5.41) is 3.07. The van der Waals surface area contributed by atoms with E-state index >= 15 is 0 Å². The molecule has 0 radical (unpaired) electrons. The Morgan fingerprint density at radius 3 is 3.00 bits per heavy atom. The minimum Gasteiger partial charge on any atom is -0.335 e. The molecule has 0 atom stereocenters. The first-order chi connectivity index (χ1) is 8.72. The third kappa shape index (κ3) is 2.79. The van der Waals surface area contributed by atoms with E-state index in [1.807, 2.05) is 30.1 Å². The summed E-state index contributed by atoms with van der Waals surface area (Å²) in [4.78, 5) is 14.3. The quantitative estimate of drug-likeness (QED) is 0.820. The van der Waals surface area contributed by atoms with Crippen molar-refractivity contribution in [3.05, 3.63) is 47.5 Å². The molecule has 0 spiro atoms. The Balaban J connectivity index is 2.15. The monoisotopic (exact) mass is 244 g/mol. The van der Waals surface area contributed by atoms with Gasteiger partial charge in [0.2, 0.25) is 0 Å². The Hall–Kier alpha value is -1.61. The molecule has 1 aliphatic heterocycles. The lowest BCUT2D eigenvalue weighted by Crippen LogP contribution is -2.34. The predicted molar refractivity (Wildman–Crippen MR) is 73.7 cm³/mol. The number of amides is 1. The van der Waals surface area contributed by atoms with E-state index in [0.29, 0.717) is 6.54 Å². The van der Waals surface area contributed by atoms with Gasteiger partial charge in [-0.1, -0.05) is 24.8 Å². The molecular formula is C15H20N2O. The van der Waals surface area contributed by atoms with Crippen molar-refractivity contribution in [3.8, 4) is 0 Å². The van der Waals surface area contributed by atoms with E-state index in [0.717, 1.165) is 37.1 Å². The highest BCUT2D eigenvalue weighted by atomic mass is 16.2. The third-order valence-corrected chi connectivity index (χ3v) is 3.25. The normalized spacial score (nSPS) is 15.2. The van der Waals surface area contributed by atoms with Crippen LogP contribution in [-0.4, -0.2) is 37.5 Å². The maximum absolute atomic E-state index is 12.4. The smallest absolute Gasteiger partial charge is 0.254 e. The predicted octanol–water partition coefficient (Wildman–Crippen LogP) is 1.85. The summed E-state index contributed by atoms with van der Waals surface area (Å²) in [5.41, 5.74) is 3.07. The van der Waals surface area contributed by atoms with Crippen molar-refractivity contribution in [1.82, 2.24) is 10.2 Å².